The zero-order valence-corrected chi connectivity index (χ0v) is 26.0. The van der Waals surface area contributed by atoms with Crippen LogP contribution in [0.4, 0.5) is 0 Å². The third kappa shape index (κ3) is 5.64. The first-order valence-corrected chi connectivity index (χ1v) is 15.3. The van der Waals surface area contributed by atoms with Crippen molar-refractivity contribution in [2.45, 2.75) is 37.3 Å². The Hall–Kier alpha value is -6.74. The molecule has 0 saturated heterocycles. The van der Waals surface area contributed by atoms with Gasteiger partial charge in [-0.05, 0) is 29.7 Å². The minimum Gasteiger partial charge on any atom is -0.508 e. The van der Waals surface area contributed by atoms with Crippen LogP contribution in [0.5, 0.6) is 63.2 Å². The van der Waals surface area contributed by atoms with E-state index in [2.05, 4.69) is 0 Å². The third-order valence-electron chi connectivity index (χ3n) is 8.89. The molecule has 2 aliphatic rings. The largest absolute Gasteiger partial charge is 0.508 e. The molecular weight excluding hydrogens is 672 g/mol. The van der Waals surface area contributed by atoms with Gasteiger partial charge in [0.05, 0.1) is 17.1 Å². The zero-order valence-electron chi connectivity index (χ0n) is 26.0. The fourth-order valence-electron chi connectivity index (χ4n) is 6.46. The molecule has 10 N–H and O–H groups in total. The number of fused-ring (bicyclic) bond motifs is 3. The van der Waals surface area contributed by atoms with Gasteiger partial charge in [-0.1, -0.05) is 6.07 Å². The quantitative estimate of drug-likeness (QED) is 0.0950. The van der Waals surface area contributed by atoms with E-state index < -0.39 is 75.5 Å². The van der Waals surface area contributed by atoms with Crippen LogP contribution in [0.2, 0.25) is 0 Å². The molecule has 0 spiro atoms. The average molecular weight is 701 g/mol. The highest BCUT2D eigenvalue weighted by Crippen LogP contribution is 2.48. The van der Waals surface area contributed by atoms with Gasteiger partial charge in [0.2, 0.25) is 5.43 Å². The molecule has 2 aliphatic heterocycles. The Morgan fingerprint density at radius 1 is 0.647 bits per heavy atom. The normalized spacial score (nSPS) is 19.3. The van der Waals surface area contributed by atoms with Gasteiger partial charge < -0.3 is 65.3 Å². The molecular formula is C36H28O15. The third-order valence-corrected chi connectivity index (χ3v) is 8.89. The number of benzene rings is 4. The fraction of sp³-hybridized carbons (Fsp3) is 0.167. The Morgan fingerprint density at radius 3 is 1.92 bits per heavy atom. The summed E-state index contributed by atoms with van der Waals surface area (Å²) in [5.74, 6) is -6.35. The minimum absolute atomic E-state index is 0.0300. The van der Waals surface area contributed by atoms with Crippen LogP contribution in [0.15, 0.2) is 65.5 Å². The Morgan fingerprint density at radius 2 is 1.27 bits per heavy atom. The number of aromatic hydroxyl groups is 9. The molecule has 15 heteroatoms. The molecule has 15 nitrogen and oxygen atoms in total. The summed E-state index contributed by atoms with van der Waals surface area (Å²) in [5, 5.41) is 104. The van der Waals surface area contributed by atoms with Gasteiger partial charge >= 0.3 is 5.97 Å². The topological polar surface area (TPSA) is 264 Å². The molecule has 0 aromatic heterocycles. The van der Waals surface area contributed by atoms with Crippen LogP contribution in [0, 0.1) is 0 Å². The minimum atomic E-state index is -1.43. The lowest BCUT2D eigenvalue weighted by Gasteiger charge is -2.34. The molecule has 4 atom stereocenters. The number of aliphatic hydroxyl groups excluding tert-OH is 1. The van der Waals surface area contributed by atoms with Gasteiger partial charge in [0.15, 0.2) is 41.0 Å². The lowest BCUT2D eigenvalue weighted by molar-refractivity contribution is -0.0188. The summed E-state index contributed by atoms with van der Waals surface area (Å²) in [5.41, 5.74) is -1.24. The Kier molecular flexibility index (Phi) is 7.71. The summed E-state index contributed by atoms with van der Waals surface area (Å²) in [7, 11) is 0. The number of hydrogen-bond donors (Lipinski definition) is 10. The summed E-state index contributed by atoms with van der Waals surface area (Å²) >= 11 is 0. The maximum atomic E-state index is 13.9. The fourth-order valence-corrected chi connectivity index (χ4v) is 6.46. The first kappa shape index (κ1) is 32.8. The molecule has 0 saturated carbocycles. The van der Waals surface area contributed by atoms with E-state index in [4.69, 9.17) is 14.2 Å². The molecule has 0 fully saturated rings. The second kappa shape index (κ2) is 12.0. The second-order valence-electron chi connectivity index (χ2n) is 12.2. The molecule has 7 rings (SSSR count). The summed E-state index contributed by atoms with van der Waals surface area (Å²) in [6.07, 6.45) is -5.70. The lowest BCUT2D eigenvalue weighted by atomic mass is 9.91. The number of carbonyl (C=O) groups is 1. The summed E-state index contributed by atoms with van der Waals surface area (Å²) < 4.78 is 17.7. The van der Waals surface area contributed by atoms with Crippen molar-refractivity contribution in [2.24, 2.45) is 0 Å². The van der Waals surface area contributed by atoms with Crippen LogP contribution < -0.4 is 14.9 Å². The summed E-state index contributed by atoms with van der Waals surface area (Å²) in [6, 6.07) is 11.0. The van der Waals surface area contributed by atoms with E-state index in [9.17, 15) is 60.7 Å². The molecule has 5 aromatic carbocycles. The second-order valence-corrected chi connectivity index (χ2v) is 12.2. The van der Waals surface area contributed by atoms with Crippen molar-refractivity contribution in [1.29, 1.82) is 0 Å². The van der Waals surface area contributed by atoms with Crippen molar-refractivity contribution in [3.8, 4) is 63.2 Å². The van der Waals surface area contributed by atoms with Gasteiger partial charge in [0.1, 0.15) is 40.6 Å². The smallest absolute Gasteiger partial charge is 0.338 e. The number of aliphatic hydroxyl groups is 1. The highest BCUT2D eigenvalue weighted by molar-refractivity contribution is 6.01. The van der Waals surface area contributed by atoms with Crippen molar-refractivity contribution in [3.63, 3.8) is 0 Å². The van der Waals surface area contributed by atoms with E-state index >= 15 is 0 Å². The van der Waals surface area contributed by atoms with E-state index in [0.717, 1.165) is 36.4 Å². The summed E-state index contributed by atoms with van der Waals surface area (Å²) in [6.45, 7) is 0. The molecule has 0 amide bonds. The highest BCUT2D eigenvalue weighted by Gasteiger charge is 2.38. The standard InChI is InChI=1S/C36H28O15/c37-15-6-22(40)19-11-27(45)35(50-28(19)8-15)18-10-26(44)33(47)31-17(18)3-14(5-25(43)32(31)46)36(48)51-30-12-20-23(41)7-16(38)9-29(20)49-34(30)13-1-2-21(39)24(42)4-13/h1-10,27,30,34-35,37-42,44-45,47H,11-12H2,(H,43,46)/t27-,30+,34+,35+/m0/s1. The molecule has 0 radical (unpaired) electrons. The maximum absolute atomic E-state index is 13.9. The van der Waals surface area contributed by atoms with Crippen molar-refractivity contribution < 1.29 is 70.1 Å². The van der Waals surface area contributed by atoms with Crippen molar-refractivity contribution >= 4 is 16.7 Å². The molecule has 51 heavy (non-hydrogen) atoms. The monoisotopic (exact) mass is 700 g/mol. The van der Waals surface area contributed by atoms with Crippen LogP contribution in [0.25, 0.3) is 10.8 Å². The highest BCUT2D eigenvalue weighted by atomic mass is 16.6. The van der Waals surface area contributed by atoms with E-state index in [1.807, 2.05) is 0 Å². The van der Waals surface area contributed by atoms with Crippen molar-refractivity contribution in [1.82, 2.24) is 0 Å². The Balaban J connectivity index is 1.34. The van der Waals surface area contributed by atoms with E-state index in [-0.39, 0.29) is 75.0 Å². The van der Waals surface area contributed by atoms with Gasteiger partial charge in [-0.15, -0.1) is 0 Å². The number of phenolic OH excluding ortho intramolecular Hbond substituents is 8. The Bertz CT molecular complexity index is 2340. The summed E-state index contributed by atoms with van der Waals surface area (Å²) in [4.78, 5) is 27.1. The molecule has 0 unspecified atom stereocenters. The molecule has 0 bridgehead atoms. The maximum Gasteiger partial charge on any atom is 0.338 e. The Labute approximate surface area is 285 Å². The van der Waals surface area contributed by atoms with Crippen LogP contribution in [0.3, 0.4) is 0 Å². The number of rotatable bonds is 4. The van der Waals surface area contributed by atoms with Crippen LogP contribution in [0.1, 0.15) is 44.8 Å². The first-order valence-electron chi connectivity index (χ1n) is 15.3. The molecule has 5 aromatic rings. The number of hydrogen-bond acceptors (Lipinski definition) is 15. The predicted octanol–water partition coefficient (Wildman–Crippen LogP) is 3.49. The van der Waals surface area contributed by atoms with Gasteiger partial charge in [-0.25, -0.2) is 4.79 Å². The van der Waals surface area contributed by atoms with Crippen LogP contribution >= 0.6 is 0 Å². The van der Waals surface area contributed by atoms with Gasteiger partial charge in [0, 0.05) is 65.4 Å². The van der Waals surface area contributed by atoms with Crippen molar-refractivity contribution in [3.05, 3.63) is 98.7 Å². The van der Waals surface area contributed by atoms with E-state index in [1.165, 1.54) is 24.3 Å². The average Bonchev–Trinajstić information content (AvgIpc) is 3.20. The molecule has 2 heterocycles. The number of phenols is 8. The first-order chi connectivity index (χ1) is 24.2. The van der Waals surface area contributed by atoms with E-state index in [0.29, 0.717) is 0 Å². The number of esters is 1. The van der Waals surface area contributed by atoms with Crippen molar-refractivity contribution in [2.75, 3.05) is 0 Å². The van der Waals surface area contributed by atoms with Gasteiger partial charge in [0.25, 0.3) is 0 Å². The number of carbonyl (C=O) groups excluding carboxylic acids is 1. The van der Waals surface area contributed by atoms with Gasteiger partial charge in [-0.2, -0.15) is 0 Å². The molecule has 0 aliphatic carbocycles. The van der Waals surface area contributed by atoms with Crippen LogP contribution in [-0.2, 0) is 17.6 Å². The zero-order chi connectivity index (χ0) is 36.5. The predicted molar refractivity (Wildman–Crippen MR) is 174 cm³/mol. The lowest BCUT2D eigenvalue weighted by Crippen LogP contribution is -2.34. The van der Waals surface area contributed by atoms with Crippen LogP contribution in [-0.4, -0.2) is 69.2 Å². The van der Waals surface area contributed by atoms with Gasteiger partial charge in [-0.3, -0.25) is 4.79 Å². The molecule has 262 valence electrons. The number of ether oxygens (including phenoxy) is 3. The van der Waals surface area contributed by atoms with E-state index in [1.54, 1.807) is 0 Å². The SMILES string of the molecule is O=C(O[C@@H]1Cc2c(O)cc(O)cc2O[C@@H]1c1ccc(O)c(O)c1)c1cc(=O)c(O)c2c(O)c(O)cc([C@H]3Oc4cc(O)cc(O)c4C[C@@H]3O)c2c1.